The number of β-amino-alcohol motifs (C(OH)–C–C–N with tert-alkyl or cyclic N) is 1. The molecule has 0 aliphatic carbocycles. The van der Waals surface area contributed by atoms with Crippen molar-refractivity contribution in [2.24, 2.45) is 0 Å². The average Bonchev–Trinajstić information content (AvgIpc) is 2.93. The molecule has 1 fully saturated rings. The predicted octanol–water partition coefficient (Wildman–Crippen LogP) is 1.01. The van der Waals surface area contributed by atoms with E-state index in [9.17, 15) is 9.90 Å². The summed E-state index contributed by atoms with van der Waals surface area (Å²) in [6, 6.07) is 5.16. The first kappa shape index (κ1) is 11.3. The number of aliphatic hydroxyl groups is 1. The summed E-state index contributed by atoms with van der Waals surface area (Å²) in [6.45, 7) is 2.91. The monoisotopic (exact) mass is 249 g/mol. The highest BCUT2D eigenvalue weighted by molar-refractivity contribution is 5.95. The Labute approximate surface area is 105 Å². The van der Waals surface area contributed by atoms with Crippen LogP contribution in [0.2, 0.25) is 0 Å². The van der Waals surface area contributed by atoms with Gasteiger partial charge in [-0.05, 0) is 31.5 Å². The lowest BCUT2D eigenvalue weighted by molar-refractivity contribution is 0.0572. The number of amides is 1. The van der Waals surface area contributed by atoms with E-state index in [0.29, 0.717) is 36.6 Å². The lowest BCUT2D eigenvalue weighted by Crippen LogP contribution is -2.33. The quantitative estimate of drug-likeness (QED) is 0.807. The van der Waals surface area contributed by atoms with E-state index in [1.165, 1.54) is 0 Å². The summed E-state index contributed by atoms with van der Waals surface area (Å²) in [6.07, 6.45) is 0.614. The van der Waals surface area contributed by atoms with Crippen LogP contribution in [-0.2, 0) is 0 Å². The molecule has 5 heteroatoms. The van der Waals surface area contributed by atoms with E-state index in [4.69, 9.17) is 9.47 Å². The molecule has 1 atom stereocenters. The van der Waals surface area contributed by atoms with Gasteiger partial charge in [0.05, 0.1) is 5.60 Å². The second-order valence-electron chi connectivity index (χ2n) is 5.04. The minimum atomic E-state index is -0.772. The number of likely N-dealkylation sites (tertiary alicyclic amines) is 1. The van der Waals surface area contributed by atoms with Crippen molar-refractivity contribution >= 4 is 5.91 Å². The molecule has 3 rings (SSSR count). The standard InChI is InChI=1S/C13H15NO4/c1-13(16)4-5-14(7-13)12(15)9-2-3-10-11(6-9)18-8-17-10/h2-3,6,16H,4-5,7-8H2,1H3. The number of ether oxygens (including phenoxy) is 2. The van der Waals surface area contributed by atoms with Crippen molar-refractivity contribution in [3.8, 4) is 11.5 Å². The molecule has 0 aromatic heterocycles. The zero-order valence-electron chi connectivity index (χ0n) is 10.2. The zero-order chi connectivity index (χ0) is 12.8. The van der Waals surface area contributed by atoms with Gasteiger partial charge in [-0.2, -0.15) is 0 Å². The van der Waals surface area contributed by atoms with Crippen molar-refractivity contribution in [3.05, 3.63) is 23.8 Å². The van der Waals surface area contributed by atoms with E-state index >= 15 is 0 Å². The number of nitrogens with zero attached hydrogens (tertiary/aromatic N) is 1. The molecule has 1 N–H and O–H groups in total. The van der Waals surface area contributed by atoms with Crippen molar-refractivity contribution in [2.75, 3.05) is 19.9 Å². The molecule has 5 nitrogen and oxygen atoms in total. The van der Waals surface area contributed by atoms with E-state index in [-0.39, 0.29) is 12.7 Å². The Balaban J connectivity index is 1.81. The van der Waals surface area contributed by atoms with Crippen LogP contribution in [0.4, 0.5) is 0 Å². The fourth-order valence-electron chi connectivity index (χ4n) is 2.33. The fraction of sp³-hybridized carbons (Fsp3) is 0.462. The normalized spacial score (nSPS) is 25.6. The highest BCUT2D eigenvalue weighted by atomic mass is 16.7. The van der Waals surface area contributed by atoms with Crippen LogP contribution in [0.25, 0.3) is 0 Å². The molecule has 1 unspecified atom stereocenters. The predicted molar refractivity (Wildman–Crippen MR) is 63.7 cm³/mol. The molecule has 1 aromatic rings. The number of fused-ring (bicyclic) bond motifs is 1. The van der Waals surface area contributed by atoms with Gasteiger partial charge in [0.2, 0.25) is 6.79 Å². The van der Waals surface area contributed by atoms with Crippen molar-refractivity contribution < 1.29 is 19.4 Å². The van der Waals surface area contributed by atoms with Crippen molar-refractivity contribution in [2.45, 2.75) is 18.9 Å². The van der Waals surface area contributed by atoms with Crippen molar-refractivity contribution in [3.63, 3.8) is 0 Å². The van der Waals surface area contributed by atoms with E-state index < -0.39 is 5.60 Å². The molecule has 1 aromatic carbocycles. The van der Waals surface area contributed by atoms with Crippen molar-refractivity contribution in [1.29, 1.82) is 0 Å². The molecule has 1 amide bonds. The summed E-state index contributed by atoms with van der Waals surface area (Å²) in [5.74, 6) is 1.19. The summed E-state index contributed by atoms with van der Waals surface area (Å²) in [4.78, 5) is 13.9. The molecule has 2 heterocycles. The number of benzene rings is 1. The van der Waals surface area contributed by atoms with Gasteiger partial charge < -0.3 is 19.5 Å². The fourth-order valence-corrected chi connectivity index (χ4v) is 2.33. The third kappa shape index (κ3) is 1.90. The summed E-state index contributed by atoms with van der Waals surface area (Å²) in [7, 11) is 0. The van der Waals surface area contributed by atoms with E-state index in [0.717, 1.165) is 0 Å². The van der Waals surface area contributed by atoms with Gasteiger partial charge in [-0.25, -0.2) is 0 Å². The summed E-state index contributed by atoms with van der Waals surface area (Å²) < 4.78 is 10.5. The van der Waals surface area contributed by atoms with Gasteiger partial charge in [-0.15, -0.1) is 0 Å². The van der Waals surface area contributed by atoms with Crippen LogP contribution in [0.3, 0.4) is 0 Å². The largest absolute Gasteiger partial charge is 0.454 e. The van der Waals surface area contributed by atoms with Crippen LogP contribution in [0.5, 0.6) is 11.5 Å². The number of rotatable bonds is 1. The lowest BCUT2D eigenvalue weighted by Gasteiger charge is -2.19. The number of hydrogen-bond acceptors (Lipinski definition) is 4. The minimum absolute atomic E-state index is 0.0777. The van der Waals surface area contributed by atoms with Crippen LogP contribution in [0.1, 0.15) is 23.7 Å². The molecule has 0 saturated carbocycles. The average molecular weight is 249 g/mol. The first-order valence-electron chi connectivity index (χ1n) is 5.96. The maximum absolute atomic E-state index is 12.3. The topological polar surface area (TPSA) is 59.0 Å². The maximum atomic E-state index is 12.3. The van der Waals surface area contributed by atoms with Crippen LogP contribution in [0.15, 0.2) is 18.2 Å². The Bertz CT molecular complexity index is 498. The van der Waals surface area contributed by atoms with Gasteiger partial charge in [-0.3, -0.25) is 4.79 Å². The zero-order valence-corrected chi connectivity index (χ0v) is 10.2. The second kappa shape index (κ2) is 3.88. The Morgan fingerprint density at radius 3 is 2.89 bits per heavy atom. The summed E-state index contributed by atoms with van der Waals surface area (Å²) in [5.41, 5.74) is -0.205. The van der Waals surface area contributed by atoms with Gasteiger partial charge in [0, 0.05) is 18.7 Å². The number of carbonyl (C=O) groups is 1. The lowest BCUT2D eigenvalue weighted by atomic mass is 10.1. The van der Waals surface area contributed by atoms with Crippen LogP contribution in [0, 0.1) is 0 Å². The van der Waals surface area contributed by atoms with Gasteiger partial charge in [-0.1, -0.05) is 0 Å². The SMILES string of the molecule is CC1(O)CCN(C(=O)c2ccc3c(c2)OCO3)C1. The first-order valence-corrected chi connectivity index (χ1v) is 5.96. The maximum Gasteiger partial charge on any atom is 0.254 e. The first-order chi connectivity index (χ1) is 8.55. The molecule has 2 aliphatic rings. The van der Waals surface area contributed by atoms with E-state index in [2.05, 4.69) is 0 Å². The molecular weight excluding hydrogens is 234 g/mol. The van der Waals surface area contributed by atoms with E-state index in [1.807, 2.05) is 0 Å². The Kier molecular flexibility index (Phi) is 2.45. The Hall–Kier alpha value is -1.75. The van der Waals surface area contributed by atoms with E-state index in [1.54, 1.807) is 30.0 Å². The molecule has 0 radical (unpaired) electrons. The Morgan fingerprint density at radius 1 is 1.39 bits per heavy atom. The highest BCUT2D eigenvalue weighted by Crippen LogP contribution is 2.33. The van der Waals surface area contributed by atoms with Crippen LogP contribution < -0.4 is 9.47 Å². The van der Waals surface area contributed by atoms with Crippen LogP contribution in [-0.4, -0.2) is 41.4 Å². The molecule has 0 spiro atoms. The van der Waals surface area contributed by atoms with Crippen LogP contribution >= 0.6 is 0 Å². The molecule has 96 valence electrons. The van der Waals surface area contributed by atoms with Gasteiger partial charge in [0.25, 0.3) is 5.91 Å². The number of carbonyl (C=O) groups excluding carboxylic acids is 1. The van der Waals surface area contributed by atoms with Gasteiger partial charge in [0.15, 0.2) is 11.5 Å². The third-order valence-corrected chi connectivity index (χ3v) is 3.36. The molecule has 2 aliphatic heterocycles. The smallest absolute Gasteiger partial charge is 0.254 e. The molecule has 1 saturated heterocycles. The molecular formula is C13H15NO4. The van der Waals surface area contributed by atoms with Gasteiger partial charge in [0.1, 0.15) is 0 Å². The second-order valence-corrected chi connectivity index (χ2v) is 5.04. The summed E-state index contributed by atoms with van der Waals surface area (Å²) >= 11 is 0. The van der Waals surface area contributed by atoms with Gasteiger partial charge >= 0.3 is 0 Å². The summed E-state index contributed by atoms with van der Waals surface area (Å²) in [5, 5.41) is 9.88. The molecule has 0 bridgehead atoms. The van der Waals surface area contributed by atoms with Crippen molar-refractivity contribution in [1.82, 2.24) is 4.90 Å². The molecule has 18 heavy (non-hydrogen) atoms. The highest BCUT2D eigenvalue weighted by Gasteiger charge is 2.34. The third-order valence-electron chi connectivity index (χ3n) is 3.36. The Morgan fingerprint density at radius 2 is 2.17 bits per heavy atom. The number of hydrogen-bond donors (Lipinski definition) is 1. The minimum Gasteiger partial charge on any atom is -0.454 e.